The molecule has 2 unspecified atom stereocenters. The lowest BCUT2D eigenvalue weighted by Crippen LogP contribution is -2.08. The Morgan fingerprint density at radius 1 is 1.53 bits per heavy atom. The van der Waals surface area contributed by atoms with Crippen LogP contribution in [0, 0.1) is 3.57 Å². The zero-order valence-electron chi connectivity index (χ0n) is 8.83. The van der Waals surface area contributed by atoms with Crippen molar-refractivity contribution in [1.82, 2.24) is 9.97 Å². The Morgan fingerprint density at radius 3 is 2.93 bits per heavy atom. The maximum Gasteiger partial charge on any atom is 0.159 e. The summed E-state index contributed by atoms with van der Waals surface area (Å²) in [4.78, 5) is 8.77. The number of anilines is 1. The monoisotopic (exact) mass is 319 g/mol. The van der Waals surface area contributed by atoms with Crippen molar-refractivity contribution in [3.05, 3.63) is 15.6 Å². The third kappa shape index (κ3) is 2.39. The largest absolute Gasteiger partial charge is 0.372 e. The van der Waals surface area contributed by atoms with Gasteiger partial charge in [0, 0.05) is 13.2 Å². The predicted octanol–water partition coefficient (Wildman–Crippen LogP) is 2.36. The Kier molecular flexibility index (Phi) is 3.40. The zero-order chi connectivity index (χ0) is 10.8. The van der Waals surface area contributed by atoms with Crippen LogP contribution in [0.1, 0.15) is 31.7 Å². The summed E-state index contributed by atoms with van der Waals surface area (Å²) < 4.78 is 6.76. The van der Waals surface area contributed by atoms with E-state index in [1.807, 2.05) is 13.2 Å². The topological polar surface area (TPSA) is 47.0 Å². The van der Waals surface area contributed by atoms with Crippen LogP contribution in [0.4, 0.5) is 5.82 Å². The molecule has 4 nitrogen and oxygen atoms in total. The standard InChI is InChI=1S/C10H14IN3O/c1-6-3-4-8(15-6)10-13-5-7(11)9(12-2)14-10/h5-6,8H,3-4H2,1-2H3,(H,12,13,14). The first-order chi connectivity index (χ1) is 7.20. The summed E-state index contributed by atoms with van der Waals surface area (Å²) >= 11 is 2.22. The second kappa shape index (κ2) is 4.61. The van der Waals surface area contributed by atoms with Crippen LogP contribution < -0.4 is 5.32 Å². The van der Waals surface area contributed by atoms with E-state index >= 15 is 0 Å². The van der Waals surface area contributed by atoms with Crippen molar-refractivity contribution >= 4 is 28.4 Å². The average molecular weight is 319 g/mol. The minimum Gasteiger partial charge on any atom is -0.372 e. The number of aromatic nitrogens is 2. The van der Waals surface area contributed by atoms with E-state index in [1.54, 1.807) is 0 Å². The fraction of sp³-hybridized carbons (Fsp3) is 0.600. The van der Waals surface area contributed by atoms with Crippen molar-refractivity contribution in [2.75, 3.05) is 12.4 Å². The molecule has 1 aromatic rings. The SMILES string of the molecule is CNc1nc(C2CCC(C)O2)ncc1I. The number of hydrogen-bond donors (Lipinski definition) is 1. The minimum absolute atomic E-state index is 0.0732. The van der Waals surface area contributed by atoms with E-state index in [0.29, 0.717) is 6.10 Å². The van der Waals surface area contributed by atoms with E-state index in [0.717, 1.165) is 28.1 Å². The quantitative estimate of drug-likeness (QED) is 0.850. The molecular formula is C10H14IN3O. The van der Waals surface area contributed by atoms with Crippen LogP contribution >= 0.6 is 22.6 Å². The Morgan fingerprint density at radius 2 is 2.33 bits per heavy atom. The van der Waals surface area contributed by atoms with E-state index < -0.39 is 0 Å². The molecular weight excluding hydrogens is 305 g/mol. The van der Waals surface area contributed by atoms with E-state index in [1.165, 1.54) is 0 Å². The lowest BCUT2D eigenvalue weighted by atomic mass is 10.2. The molecule has 1 aliphatic heterocycles. The maximum absolute atomic E-state index is 5.73. The Bertz CT molecular complexity index is 359. The van der Waals surface area contributed by atoms with Crippen molar-refractivity contribution in [3.63, 3.8) is 0 Å². The Labute approximate surface area is 103 Å². The van der Waals surface area contributed by atoms with Crippen LogP contribution in [-0.4, -0.2) is 23.1 Å². The molecule has 2 rings (SSSR count). The van der Waals surface area contributed by atoms with Gasteiger partial charge in [-0.25, -0.2) is 9.97 Å². The molecule has 0 aliphatic carbocycles. The van der Waals surface area contributed by atoms with Gasteiger partial charge in [-0.2, -0.15) is 0 Å². The first kappa shape index (κ1) is 11.1. The minimum atomic E-state index is 0.0732. The molecule has 0 bridgehead atoms. The highest BCUT2D eigenvalue weighted by Crippen LogP contribution is 2.31. The molecule has 82 valence electrons. The number of nitrogens with zero attached hydrogens (tertiary/aromatic N) is 2. The van der Waals surface area contributed by atoms with E-state index in [9.17, 15) is 0 Å². The van der Waals surface area contributed by atoms with Crippen LogP contribution in [0.5, 0.6) is 0 Å². The molecule has 15 heavy (non-hydrogen) atoms. The number of ether oxygens (including phenoxy) is 1. The lowest BCUT2D eigenvalue weighted by molar-refractivity contribution is 0.0503. The zero-order valence-corrected chi connectivity index (χ0v) is 11.0. The summed E-state index contributed by atoms with van der Waals surface area (Å²) in [5, 5.41) is 3.06. The van der Waals surface area contributed by atoms with Crippen LogP contribution in [0.3, 0.4) is 0 Å². The predicted molar refractivity (Wildman–Crippen MR) is 66.8 cm³/mol. The van der Waals surface area contributed by atoms with Gasteiger partial charge in [0.1, 0.15) is 11.9 Å². The number of rotatable bonds is 2. The summed E-state index contributed by atoms with van der Waals surface area (Å²) in [6.07, 6.45) is 4.35. The highest BCUT2D eigenvalue weighted by molar-refractivity contribution is 14.1. The molecule has 1 N–H and O–H groups in total. The summed E-state index contributed by atoms with van der Waals surface area (Å²) in [6, 6.07) is 0. The molecule has 0 saturated carbocycles. The van der Waals surface area contributed by atoms with Gasteiger partial charge in [-0.3, -0.25) is 0 Å². The van der Waals surface area contributed by atoms with Gasteiger partial charge in [-0.15, -0.1) is 0 Å². The van der Waals surface area contributed by atoms with Crippen LogP contribution in [0.25, 0.3) is 0 Å². The van der Waals surface area contributed by atoms with Crippen molar-refractivity contribution in [1.29, 1.82) is 0 Å². The van der Waals surface area contributed by atoms with Gasteiger partial charge in [-0.1, -0.05) is 0 Å². The number of halogens is 1. The van der Waals surface area contributed by atoms with Gasteiger partial charge >= 0.3 is 0 Å². The summed E-state index contributed by atoms with van der Waals surface area (Å²) in [7, 11) is 1.87. The molecule has 1 aromatic heterocycles. The maximum atomic E-state index is 5.73. The van der Waals surface area contributed by atoms with Gasteiger partial charge < -0.3 is 10.1 Å². The van der Waals surface area contributed by atoms with Gasteiger partial charge in [0.25, 0.3) is 0 Å². The Balaban J connectivity index is 2.21. The summed E-state index contributed by atoms with van der Waals surface area (Å²) in [5.74, 6) is 1.67. The molecule has 1 fully saturated rings. The highest BCUT2D eigenvalue weighted by atomic mass is 127. The van der Waals surface area contributed by atoms with E-state index in [2.05, 4.69) is 44.8 Å². The molecule has 2 atom stereocenters. The second-order valence-corrected chi connectivity index (χ2v) is 4.85. The molecule has 0 amide bonds. The molecule has 0 radical (unpaired) electrons. The fourth-order valence-corrected chi connectivity index (χ4v) is 2.23. The van der Waals surface area contributed by atoms with Gasteiger partial charge in [0.05, 0.1) is 9.67 Å². The molecule has 0 spiro atoms. The molecule has 2 heterocycles. The lowest BCUT2D eigenvalue weighted by Gasteiger charge is -2.11. The molecule has 5 heteroatoms. The van der Waals surface area contributed by atoms with Gasteiger partial charge in [0.15, 0.2) is 5.82 Å². The summed E-state index contributed by atoms with van der Waals surface area (Å²) in [6.45, 7) is 2.09. The van der Waals surface area contributed by atoms with Crippen molar-refractivity contribution < 1.29 is 4.74 Å². The van der Waals surface area contributed by atoms with Crippen molar-refractivity contribution in [3.8, 4) is 0 Å². The molecule has 1 saturated heterocycles. The third-order valence-corrected chi connectivity index (χ3v) is 3.31. The van der Waals surface area contributed by atoms with E-state index in [4.69, 9.17) is 4.74 Å². The van der Waals surface area contributed by atoms with Crippen LogP contribution in [-0.2, 0) is 4.74 Å². The van der Waals surface area contributed by atoms with Crippen LogP contribution in [0.2, 0.25) is 0 Å². The Hall–Kier alpha value is -0.430. The third-order valence-electron chi connectivity index (χ3n) is 2.52. The second-order valence-electron chi connectivity index (χ2n) is 3.69. The van der Waals surface area contributed by atoms with Gasteiger partial charge in [-0.05, 0) is 42.4 Å². The molecule has 0 aromatic carbocycles. The van der Waals surface area contributed by atoms with Crippen LogP contribution in [0.15, 0.2) is 6.20 Å². The smallest absolute Gasteiger partial charge is 0.159 e. The number of nitrogens with one attached hydrogen (secondary N) is 1. The molecule has 1 aliphatic rings. The fourth-order valence-electron chi connectivity index (χ4n) is 1.70. The van der Waals surface area contributed by atoms with Gasteiger partial charge in [0.2, 0.25) is 0 Å². The van der Waals surface area contributed by atoms with Crippen molar-refractivity contribution in [2.24, 2.45) is 0 Å². The normalized spacial score (nSPS) is 25.5. The average Bonchev–Trinajstić information content (AvgIpc) is 2.66. The first-order valence-corrected chi connectivity index (χ1v) is 6.14. The first-order valence-electron chi connectivity index (χ1n) is 5.06. The van der Waals surface area contributed by atoms with Crippen molar-refractivity contribution in [2.45, 2.75) is 32.0 Å². The summed E-state index contributed by atoms with van der Waals surface area (Å²) in [5.41, 5.74) is 0. The van der Waals surface area contributed by atoms with E-state index in [-0.39, 0.29) is 6.10 Å². The number of hydrogen-bond acceptors (Lipinski definition) is 4. The highest BCUT2D eigenvalue weighted by Gasteiger charge is 2.25.